The molecule has 0 saturated heterocycles. The fraction of sp³-hybridized carbons (Fsp3) is 0.538. The molecule has 2 aromatic rings. The Hall–Kier alpha value is -3.54. The van der Waals surface area contributed by atoms with Gasteiger partial charge in [-0.1, -0.05) is 20.8 Å². The Morgan fingerprint density at radius 3 is 2.50 bits per heavy atom. The van der Waals surface area contributed by atoms with E-state index in [1.54, 1.807) is 40.7 Å². The summed E-state index contributed by atoms with van der Waals surface area (Å²) in [6, 6.07) is 1.80. The number of ether oxygens (including phenoxy) is 2. The summed E-state index contributed by atoms with van der Waals surface area (Å²) in [5.41, 5.74) is -0.0229. The lowest BCUT2D eigenvalue weighted by atomic mass is 9.90. The van der Waals surface area contributed by atoms with E-state index in [1.807, 2.05) is 6.92 Å². The van der Waals surface area contributed by atoms with Gasteiger partial charge in [-0.05, 0) is 57.6 Å². The van der Waals surface area contributed by atoms with E-state index in [1.165, 1.54) is 11.3 Å². The van der Waals surface area contributed by atoms with Crippen LogP contribution in [-0.4, -0.2) is 53.5 Å². The maximum absolute atomic E-state index is 13.0. The van der Waals surface area contributed by atoms with Gasteiger partial charge >= 0.3 is 17.8 Å². The number of amides is 2. The number of carbonyl (C=O) groups is 4. The number of nitrogens with one attached hydrogen (secondary N) is 2. The first kappa shape index (κ1) is 29.0. The second-order valence-electron chi connectivity index (χ2n) is 10.1. The lowest BCUT2D eigenvalue weighted by molar-refractivity contribution is -0.153. The SMILES string of the molecule is CCOC(=O)C(=O)N1C[C@H](CCc2sc(C(=O)OCC)cc2C)Cc2c1nc(NC(=O)C(C)(C)C)[nH]c2=O. The second kappa shape index (κ2) is 11.9. The van der Waals surface area contributed by atoms with E-state index in [0.717, 1.165) is 15.3 Å². The molecule has 1 aliphatic heterocycles. The fourth-order valence-corrected chi connectivity index (χ4v) is 5.11. The molecule has 2 aromatic heterocycles. The van der Waals surface area contributed by atoms with Crippen molar-refractivity contribution in [1.82, 2.24) is 9.97 Å². The first-order chi connectivity index (χ1) is 17.8. The average molecular weight is 547 g/mol. The van der Waals surface area contributed by atoms with Crippen LogP contribution in [0.15, 0.2) is 10.9 Å². The van der Waals surface area contributed by atoms with Crippen molar-refractivity contribution in [3.63, 3.8) is 0 Å². The highest BCUT2D eigenvalue weighted by atomic mass is 32.1. The van der Waals surface area contributed by atoms with Gasteiger partial charge in [0.2, 0.25) is 11.9 Å². The lowest BCUT2D eigenvalue weighted by Crippen LogP contribution is -2.46. The summed E-state index contributed by atoms with van der Waals surface area (Å²) in [7, 11) is 0. The number of carbonyl (C=O) groups excluding carboxylic acids is 4. The maximum Gasteiger partial charge on any atom is 0.397 e. The van der Waals surface area contributed by atoms with E-state index in [-0.39, 0.29) is 48.3 Å². The smallest absolute Gasteiger partial charge is 0.397 e. The first-order valence-corrected chi connectivity index (χ1v) is 13.4. The molecule has 0 unspecified atom stereocenters. The molecular weight excluding hydrogens is 512 g/mol. The van der Waals surface area contributed by atoms with Crippen molar-refractivity contribution in [2.75, 3.05) is 30.0 Å². The molecule has 11 nitrogen and oxygen atoms in total. The normalized spacial score (nSPS) is 15.0. The van der Waals surface area contributed by atoms with Crippen LogP contribution in [0.1, 0.15) is 66.7 Å². The highest BCUT2D eigenvalue weighted by Crippen LogP contribution is 2.31. The van der Waals surface area contributed by atoms with Gasteiger partial charge in [-0.15, -0.1) is 11.3 Å². The number of fused-ring (bicyclic) bond motifs is 1. The molecule has 0 fully saturated rings. The summed E-state index contributed by atoms with van der Waals surface area (Å²) >= 11 is 1.36. The fourth-order valence-electron chi connectivity index (χ4n) is 4.03. The third kappa shape index (κ3) is 6.66. The largest absolute Gasteiger partial charge is 0.462 e. The number of rotatable bonds is 7. The third-order valence-electron chi connectivity index (χ3n) is 6.07. The molecule has 2 amide bonds. The first-order valence-electron chi connectivity index (χ1n) is 12.5. The van der Waals surface area contributed by atoms with Crippen LogP contribution in [-0.2, 0) is 36.7 Å². The Balaban J connectivity index is 1.89. The van der Waals surface area contributed by atoms with Gasteiger partial charge in [0.25, 0.3) is 5.56 Å². The number of hydrogen-bond donors (Lipinski definition) is 2. The van der Waals surface area contributed by atoms with Gasteiger partial charge in [-0.25, -0.2) is 9.59 Å². The predicted octanol–water partition coefficient (Wildman–Crippen LogP) is 3.00. The minimum Gasteiger partial charge on any atom is -0.462 e. The Morgan fingerprint density at radius 1 is 1.18 bits per heavy atom. The monoisotopic (exact) mass is 546 g/mol. The van der Waals surface area contributed by atoms with Gasteiger partial charge in [0, 0.05) is 16.8 Å². The molecule has 0 aliphatic carbocycles. The predicted molar refractivity (Wildman–Crippen MR) is 142 cm³/mol. The Bertz CT molecular complexity index is 1290. The summed E-state index contributed by atoms with van der Waals surface area (Å²) < 4.78 is 10.0. The lowest BCUT2D eigenvalue weighted by Gasteiger charge is -2.32. The highest BCUT2D eigenvalue weighted by molar-refractivity contribution is 7.14. The molecular formula is C26H34N4O7S. The minimum absolute atomic E-state index is 0.0187. The van der Waals surface area contributed by atoms with Crippen molar-refractivity contribution < 1.29 is 28.7 Å². The zero-order chi connectivity index (χ0) is 28.2. The number of thiophene rings is 1. The number of anilines is 2. The Morgan fingerprint density at radius 2 is 1.87 bits per heavy atom. The van der Waals surface area contributed by atoms with Crippen LogP contribution >= 0.6 is 11.3 Å². The number of esters is 2. The van der Waals surface area contributed by atoms with Crippen LogP contribution in [0.25, 0.3) is 0 Å². The summed E-state index contributed by atoms with van der Waals surface area (Å²) in [5.74, 6) is -2.94. The van der Waals surface area contributed by atoms with Gasteiger partial charge in [-0.2, -0.15) is 4.98 Å². The van der Waals surface area contributed by atoms with Gasteiger partial charge in [0.05, 0.1) is 18.8 Å². The van der Waals surface area contributed by atoms with E-state index in [9.17, 15) is 24.0 Å². The third-order valence-corrected chi connectivity index (χ3v) is 7.34. The zero-order valence-electron chi connectivity index (χ0n) is 22.6. The van der Waals surface area contributed by atoms with Crippen LogP contribution in [0, 0.1) is 18.3 Å². The number of H-pyrrole nitrogens is 1. The van der Waals surface area contributed by atoms with E-state index >= 15 is 0 Å². The molecule has 1 aliphatic rings. The number of hydrogen-bond acceptors (Lipinski definition) is 9. The summed E-state index contributed by atoms with van der Waals surface area (Å²) in [5, 5.41) is 2.58. The van der Waals surface area contributed by atoms with Crippen LogP contribution in [0.2, 0.25) is 0 Å². The molecule has 0 aromatic carbocycles. The van der Waals surface area contributed by atoms with Crippen molar-refractivity contribution in [2.24, 2.45) is 11.3 Å². The van der Waals surface area contributed by atoms with Crippen molar-refractivity contribution in [3.8, 4) is 0 Å². The Kier molecular flexibility index (Phi) is 9.08. The summed E-state index contributed by atoms with van der Waals surface area (Å²) in [6.07, 6.45) is 1.53. The van der Waals surface area contributed by atoms with Crippen LogP contribution in [0.5, 0.6) is 0 Å². The zero-order valence-corrected chi connectivity index (χ0v) is 23.4. The number of aryl methyl sites for hydroxylation is 2. The van der Waals surface area contributed by atoms with E-state index in [0.29, 0.717) is 30.7 Å². The van der Waals surface area contributed by atoms with Crippen molar-refractivity contribution >= 4 is 46.9 Å². The molecule has 2 N–H and O–H groups in total. The molecule has 38 heavy (non-hydrogen) atoms. The van der Waals surface area contributed by atoms with E-state index < -0.39 is 22.9 Å². The van der Waals surface area contributed by atoms with Gasteiger partial charge in [0.15, 0.2) is 0 Å². The van der Waals surface area contributed by atoms with Gasteiger partial charge in [0.1, 0.15) is 10.7 Å². The molecule has 0 bridgehead atoms. The minimum atomic E-state index is -1.05. The van der Waals surface area contributed by atoms with Gasteiger partial charge < -0.3 is 9.47 Å². The van der Waals surface area contributed by atoms with Crippen molar-refractivity contribution in [2.45, 2.75) is 60.8 Å². The molecule has 0 saturated carbocycles. The highest BCUT2D eigenvalue weighted by Gasteiger charge is 2.36. The number of aromatic nitrogens is 2. The summed E-state index contributed by atoms with van der Waals surface area (Å²) in [6.45, 7) is 10.9. The molecule has 0 spiro atoms. The molecule has 0 radical (unpaired) electrons. The quantitative estimate of drug-likeness (QED) is 0.398. The summed E-state index contributed by atoms with van der Waals surface area (Å²) in [4.78, 5) is 72.6. The number of aromatic amines is 1. The van der Waals surface area contributed by atoms with Gasteiger partial charge in [-0.3, -0.25) is 29.6 Å². The Labute approximate surface area is 224 Å². The van der Waals surface area contributed by atoms with E-state index in [4.69, 9.17) is 9.47 Å². The molecule has 206 valence electrons. The second-order valence-corrected chi connectivity index (χ2v) is 11.2. The van der Waals surface area contributed by atoms with Crippen molar-refractivity contribution in [1.29, 1.82) is 0 Å². The molecule has 12 heteroatoms. The number of nitrogens with zero attached hydrogens (tertiary/aromatic N) is 2. The molecule has 3 rings (SSSR count). The molecule has 1 atom stereocenters. The standard InChI is InChI=1S/C26H34N4O7S/c1-7-36-22(33)18-11-14(3)17(38-18)10-9-15-12-16-19(30(13-15)21(32)23(34)37-8-2)27-25(28-20(16)31)29-24(35)26(4,5)6/h11,15H,7-10,12-13H2,1-6H3,(H2,27,28,29,31,35)/t15-/m1/s1. The van der Waals surface area contributed by atoms with Crippen LogP contribution < -0.4 is 15.8 Å². The van der Waals surface area contributed by atoms with Crippen LogP contribution in [0.3, 0.4) is 0 Å². The van der Waals surface area contributed by atoms with E-state index in [2.05, 4.69) is 15.3 Å². The van der Waals surface area contributed by atoms with Crippen LogP contribution in [0.4, 0.5) is 11.8 Å². The topological polar surface area (TPSA) is 148 Å². The maximum atomic E-state index is 13.0. The molecule has 3 heterocycles. The van der Waals surface area contributed by atoms with Crippen molar-refractivity contribution in [3.05, 3.63) is 37.3 Å². The average Bonchev–Trinajstić information content (AvgIpc) is 3.22.